The number of hydrogen-bond donors (Lipinski definition) is 2. The lowest BCUT2D eigenvalue weighted by molar-refractivity contribution is 0.0747. The van der Waals surface area contributed by atoms with Crippen molar-refractivity contribution < 1.29 is 10.0 Å². The van der Waals surface area contributed by atoms with Gasteiger partial charge in [0.05, 0.1) is 15.6 Å². The van der Waals surface area contributed by atoms with Gasteiger partial charge >= 0.3 is 0 Å². The average molecular weight is 316 g/mol. The van der Waals surface area contributed by atoms with Gasteiger partial charge in [-0.1, -0.05) is 34.4 Å². The van der Waals surface area contributed by atoms with E-state index in [1.54, 1.807) is 23.1 Å². The SMILES string of the molecule is NC(CCN(C(=O)c1cccc(Cl)c1Cl)C1CC1)=NO. The molecule has 0 spiro atoms. The molecule has 1 aliphatic rings. The second-order valence-corrected chi connectivity index (χ2v) is 5.46. The Morgan fingerprint density at radius 3 is 2.75 bits per heavy atom. The predicted molar refractivity (Wildman–Crippen MR) is 78.5 cm³/mol. The molecule has 0 saturated heterocycles. The first kappa shape index (κ1) is 14.9. The molecule has 1 saturated carbocycles. The second-order valence-electron chi connectivity index (χ2n) is 4.67. The quantitative estimate of drug-likeness (QED) is 0.379. The van der Waals surface area contributed by atoms with Crippen molar-refractivity contribution in [3.05, 3.63) is 33.8 Å². The predicted octanol–water partition coefficient (Wildman–Crippen LogP) is 2.73. The van der Waals surface area contributed by atoms with Crippen molar-refractivity contribution >= 4 is 34.9 Å². The van der Waals surface area contributed by atoms with Gasteiger partial charge in [-0.2, -0.15) is 0 Å². The van der Waals surface area contributed by atoms with Gasteiger partial charge in [0.2, 0.25) is 0 Å². The van der Waals surface area contributed by atoms with Gasteiger partial charge in [0, 0.05) is 19.0 Å². The van der Waals surface area contributed by atoms with Crippen LogP contribution in [0.1, 0.15) is 29.6 Å². The van der Waals surface area contributed by atoms with E-state index < -0.39 is 0 Å². The summed E-state index contributed by atoms with van der Waals surface area (Å²) in [6, 6.07) is 5.17. The van der Waals surface area contributed by atoms with E-state index in [0.717, 1.165) is 12.8 Å². The van der Waals surface area contributed by atoms with E-state index in [9.17, 15) is 4.79 Å². The molecule has 0 atom stereocenters. The van der Waals surface area contributed by atoms with Gasteiger partial charge in [0.25, 0.3) is 5.91 Å². The Balaban J connectivity index is 2.17. The second kappa shape index (κ2) is 6.33. The van der Waals surface area contributed by atoms with E-state index in [2.05, 4.69) is 5.16 Å². The highest BCUT2D eigenvalue weighted by Gasteiger charge is 2.33. The highest BCUT2D eigenvalue weighted by Crippen LogP contribution is 2.32. The van der Waals surface area contributed by atoms with Crippen LogP contribution in [0.4, 0.5) is 0 Å². The maximum atomic E-state index is 12.5. The number of hydrogen-bond acceptors (Lipinski definition) is 3. The fraction of sp³-hybridized carbons (Fsp3) is 0.385. The maximum absolute atomic E-state index is 12.5. The highest BCUT2D eigenvalue weighted by atomic mass is 35.5. The highest BCUT2D eigenvalue weighted by molar-refractivity contribution is 6.43. The van der Waals surface area contributed by atoms with E-state index in [4.69, 9.17) is 34.1 Å². The molecule has 108 valence electrons. The van der Waals surface area contributed by atoms with Crippen LogP contribution in [0.3, 0.4) is 0 Å². The van der Waals surface area contributed by atoms with Crippen LogP contribution >= 0.6 is 23.2 Å². The third-order valence-corrected chi connectivity index (χ3v) is 3.99. The molecular weight excluding hydrogens is 301 g/mol. The molecule has 0 bridgehead atoms. The fourth-order valence-corrected chi connectivity index (χ4v) is 2.33. The molecule has 3 N–H and O–H groups in total. The van der Waals surface area contributed by atoms with Gasteiger partial charge in [-0.3, -0.25) is 4.79 Å². The van der Waals surface area contributed by atoms with Crippen LogP contribution in [-0.4, -0.2) is 34.4 Å². The monoisotopic (exact) mass is 315 g/mol. The minimum absolute atomic E-state index is 0.0978. The van der Waals surface area contributed by atoms with Crippen LogP contribution in [0, 0.1) is 0 Å². The van der Waals surface area contributed by atoms with Crippen LogP contribution in [0.25, 0.3) is 0 Å². The van der Waals surface area contributed by atoms with E-state index in [0.29, 0.717) is 23.6 Å². The molecule has 0 aliphatic heterocycles. The molecule has 0 heterocycles. The van der Waals surface area contributed by atoms with E-state index >= 15 is 0 Å². The number of rotatable bonds is 5. The Labute approximate surface area is 126 Å². The molecule has 1 fully saturated rings. The first-order valence-electron chi connectivity index (χ1n) is 6.26. The van der Waals surface area contributed by atoms with E-state index in [1.807, 2.05) is 0 Å². The van der Waals surface area contributed by atoms with E-state index in [-0.39, 0.29) is 22.8 Å². The Morgan fingerprint density at radius 2 is 2.15 bits per heavy atom. The third-order valence-electron chi connectivity index (χ3n) is 3.17. The smallest absolute Gasteiger partial charge is 0.255 e. The van der Waals surface area contributed by atoms with Gasteiger partial charge in [-0.05, 0) is 25.0 Å². The Kier molecular flexibility index (Phi) is 4.73. The first-order valence-corrected chi connectivity index (χ1v) is 7.01. The number of amides is 1. The normalized spacial score (nSPS) is 15.2. The zero-order chi connectivity index (χ0) is 14.7. The number of halogens is 2. The Bertz CT molecular complexity index is 544. The first-order chi connectivity index (χ1) is 9.54. The molecule has 7 heteroatoms. The standard InChI is InChI=1S/C13H15Cl2N3O2/c14-10-3-1-2-9(12(10)15)13(19)18(8-4-5-8)7-6-11(16)17-20/h1-3,8,20H,4-7H2,(H2,16,17). The number of carbonyl (C=O) groups is 1. The average Bonchev–Trinajstić information content (AvgIpc) is 3.26. The van der Waals surface area contributed by atoms with Crippen molar-refractivity contribution in [2.75, 3.05) is 6.54 Å². The lowest BCUT2D eigenvalue weighted by Crippen LogP contribution is -2.36. The molecule has 2 rings (SSSR count). The molecule has 0 radical (unpaired) electrons. The molecule has 1 amide bonds. The summed E-state index contributed by atoms with van der Waals surface area (Å²) in [6.07, 6.45) is 2.23. The Morgan fingerprint density at radius 1 is 1.45 bits per heavy atom. The summed E-state index contributed by atoms with van der Waals surface area (Å²) >= 11 is 12.0. The summed E-state index contributed by atoms with van der Waals surface area (Å²) < 4.78 is 0. The summed E-state index contributed by atoms with van der Waals surface area (Å²) in [5.74, 6) is -0.0774. The van der Waals surface area contributed by atoms with Crippen LogP contribution in [0.2, 0.25) is 10.0 Å². The van der Waals surface area contributed by atoms with Crippen molar-refractivity contribution in [1.29, 1.82) is 0 Å². The zero-order valence-electron chi connectivity index (χ0n) is 10.7. The molecular formula is C13H15Cl2N3O2. The van der Waals surface area contributed by atoms with Gasteiger partial charge < -0.3 is 15.8 Å². The van der Waals surface area contributed by atoms with Crippen LogP contribution < -0.4 is 5.73 Å². The van der Waals surface area contributed by atoms with Gasteiger partial charge in [0.15, 0.2) is 0 Å². The maximum Gasteiger partial charge on any atom is 0.255 e. The number of carbonyl (C=O) groups excluding carboxylic acids is 1. The number of benzene rings is 1. The molecule has 1 aromatic carbocycles. The van der Waals surface area contributed by atoms with Crippen LogP contribution in [-0.2, 0) is 0 Å². The van der Waals surface area contributed by atoms with Crippen molar-refractivity contribution in [1.82, 2.24) is 4.90 Å². The van der Waals surface area contributed by atoms with Crippen molar-refractivity contribution in [2.24, 2.45) is 10.9 Å². The summed E-state index contributed by atoms with van der Waals surface area (Å²) in [5, 5.41) is 12.1. The number of nitrogens with zero attached hydrogens (tertiary/aromatic N) is 2. The third kappa shape index (κ3) is 3.35. The van der Waals surface area contributed by atoms with Crippen molar-refractivity contribution in [3.8, 4) is 0 Å². The number of oxime groups is 1. The topological polar surface area (TPSA) is 78.9 Å². The summed E-state index contributed by atoms with van der Waals surface area (Å²) in [4.78, 5) is 14.2. The molecule has 5 nitrogen and oxygen atoms in total. The molecule has 0 aromatic heterocycles. The largest absolute Gasteiger partial charge is 0.409 e. The van der Waals surface area contributed by atoms with Gasteiger partial charge in [-0.25, -0.2) is 0 Å². The van der Waals surface area contributed by atoms with Gasteiger partial charge in [-0.15, -0.1) is 0 Å². The van der Waals surface area contributed by atoms with Crippen molar-refractivity contribution in [3.63, 3.8) is 0 Å². The molecule has 1 aromatic rings. The van der Waals surface area contributed by atoms with Crippen LogP contribution in [0.5, 0.6) is 0 Å². The minimum atomic E-state index is -0.175. The zero-order valence-corrected chi connectivity index (χ0v) is 12.2. The fourth-order valence-electron chi connectivity index (χ4n) is 1.94. The van der Waals surface area contributed by atoms with E-state index in [1.165, 1.54) is 0 Å². The summed E-state index contributed by atoms with van der Waals surface area (Å²) in [5.41, 5.74) is 5.83. The van der Waals surface area contributed by atoms with Crippen molar-refractivity contribution in [2.45, 2.75) is 25.3 Å². The molecule has 20 heavy (non-hydrogen) atoms. The van der Waals surface area contributed by atoms with Crippen LogP contribution in [0.15, 0.2) is 23.4 Å². The Hall–Kier alpha value is -1.46. The molecule has 1 aliphatic carbocycles. The lowest BCUT2D eigenvalue weighted by Gasteiger charge is -2.23. The number of amidine groups is 1. The summed E-state index contributed by atoms with van der Waals surface area (Å²) in [7, 11) is 0. The summed E-state index contributed by atoms with van der Waals surface area (Å²) in [6.45, 7) is 0.391. The minimum Gasteiger partial charge on any atom is -0.409 e. The number of nitrogens with two attached hydrogens (primary N) is 1. The van der Waals surface area contributed by atoms with Gasteiger partial charge in [0.1, 0.15) is 5.84 Å². The lowest BCUT2D eigenvalue weighted by atomic mass is 10.2. The molecule has 0 unspecified atom stereocenters.